The van der Waals surface area contributed by atoms with Gasteiger partial charge in [0.05, 0.1) is 16.6 Å². The maximum Gasteiger partial charge on any atom is 0.101 e. The molecule has 2 heterocycles. The topological polar surface area (TPSA) is 44.5 Å². The minimum atomic E-state index is 0.688. The largest absolute Gasteiger partial charge is 0.354 e. The van der Waals surface area contributed by atoms with Gasteiger partial charge in [-0.15, -0.1) is 0 Å². The summed E-state index contributed by atoms with van der Waals surface area (Å²) in [7, 11) is 0. The van der Waals surface area contributed by atoms with E-state index in [9.17, 15) is 5.26 Å². The van der Waals surface area contributed by atoms with Gasteiger partial charge in [-0.1, -0.05) is 48.0 Å². The zero-order valence-electron chi connectivity index (χ0n) is 15.9. The molecule has 0 saturated heterocycles. The van der Waals surface area contributed by atoms with E-state index in [4.69, 9.17) is 0 Å². The zero-order valence-corrected chi connectivity index (χ0v) is 15.9. The Morgan fingerprint density at radius 3 is 2.48 bits per heavy atom. The maximum atomic E-state index is 9.78. The molecule has 0 atom stereocenters. The van der Waals surface area contributed by atoms with E-state index >= 15 is 0 Å². The third-order valence-electron chi connectivity index (χ3n) is 5.81. The molecule has 0 spiro atoms. The van der Waals surface area contributed by atoms with Gasteiger partial charge in [0.1, 0.15) is 6.07 Å². The van der Waals surface area contributed by atoms with Crippen LogP contribution in [0.5, 0.6) is 0 Å². The second kappa shape index (κ2) is 5.73. The van der Waals surface area contributed by atoms with Crippen LogP contribution >= 0.6 is 0 Å². The molecule has 0 fully saturated rings. The highest BCUT2D eigenvalue weighted by Gasteiger charge is 2.16. The van der Waals surface area contributed by atoms with Crippen molar-refractivity contribution in [3.8, 4) is 11.8 Å². The Morgan fingerprint density at radius 1 is 0.759 bits per heavy atom. The van der Waals surface area contributed by atoms with E-state index in [2.05, 4.69) is 83.2 Å². The summed E-state index contributed by atoms with van der Waals surface area (Å²) >= 11 is 0. The van der Waals surface area contributed by atoms with Gasteiger partial charge in [-0.05, 0) is 43.3 Å². The highest BCUT2D eigenvalue weighted by Crippen LogP contribution is 2.36. The SMILES string of the molecule is Cc1ccc2c(c1)c1cccc(C#N)c1n2-c1ccc2c(c1)[nH]c1ccccc12. The van der Waals surface area contributed by atoms with Gasteiger partial charge in [0.15, 0.2) is 0 Å². The molecule has 0 amide bonds. The van der Waals surface area contributed by atoms with Crippen molar-refractivity contribution in [3.05, 3.63) is 90.0 Å². The fraction of sp³-hybridized carbons (Fsp3) is 0.0385. The number of para-hydroxylation sites is 2. The van der Waals surface area contributed by atoms with Crippen molar-refractivity contribution in [1.29, 1.82) is 5.26 Å². The van der Waals surface area contributed by atoms with Crippen LogP contribution in [0.1, 0.15) is 11.1 Å². The van der Waals surface area contributed by atoms with Gasteiger partial charge in [-0.25, -0.2) is 0 Å². The van der Waals surface area contributed by atoms with Crippen molar-refractivity contribution in [1.82, 2.24) is 9.55 Å². The number of aryl methyl sites for hydroxylation is 1. The van der Waals surface area contributed by atoms with E-state index in [1.807, 2.05) is 18.2 Å². The van der Waals surface area contributed by atoms with Crippen LogP contribution < -0.4 is 0 Å². The van der Waals surface area contributed by atoms with Crippen molar-refractivity contribution >= 4 is 43.6 Å². The van der Waals surface area contributed by atoms with Crippen LogP contribution in [-0.2, 0) is 0 Å². The predicted molar refractivity (Wildman–Crippen MR) is 120 cm³/mol. The molecule has 0 aliphatic heterocycles. The van der Waals surface area contributed by atoms with Crippen LogP contribution in [0.4, 0.5) is 0 Å². The number of nitrogens with one attached hydrogen (secondary N) is 1. The van der Waals surface area contributed by atoms with Crippen LogP contribution in [0.15, 0.2) is 78.9 Å². The van der Waals surface area contributed by atoms with E-state index in [1.54, 1.807) is 0 Å². The van der Waals surface area contributed by atoms with E-state index in [0.717, 1.165) is 33.1 Å². The lowest BCUT2D eigenvalue weighted by atomic mass is 10.1. The first-order chi connectivity index (χ1) is 14.2. The third kappa shape index (κ3) is 2.17. The summed E-state index contributed by atoms with van der Waals surface area (Å²) in [4.78, 5) is 3.54. The van der Waals surface area contributed by atoms with Gasteiger partial charge in [0.25, 0.3) is 0 Å². The van der Waals surface area contributed by atoms with Crippen molar-refractivity contribution < 1.29 is 0 Å². The monoisotopic (exact) mass is 371 g/mol. The molecule has 6 aromatic rings. The lowest BCUT2D eigenvalue weighted by Crippen LogP contribution is -1.95. The molecule has 0 bridgehead atoms. The number of nitriles is 1. The number of aromatic nitrogens is 2. The van der Waals surface area contributed by atoms with Gasteiger partial charge in [-0.3, -0.25) is 0 Å². The Labute approximate surface area is 167 Å². The molecule has 4 aromatic carbocycles. The van der Waals surface area contributed by atoms with Gasteiger partial charge >= 0.3 is 0 Å². The first kappa shape index (κ1) is 16.0. The highest BCUT2D eigenvalue weighted by atomic mass is 15.0. The fourth-order valence-electron chi connectivity index (χ4n) is 4.52. The molecule has 0 aliphatic carbocycles. The lowest BCUT2D eigenvalue weighted by molar-refractivity contribution is 1.18. The molecule has 0 unspecified atom stereocenters. The third-order valence-corrected chi connectivity index (χ3v) is 5.81. The molecule has 0 saturated carbocycles. The van der Waals surface area contributed by atoms with Gasteiger partial charge < -0.3 is 9.55 Å². The summed E-state index contributed by atoms with van der Waals surface area (Å²) < 4.78 is 2.22. The molecule has 3 heteroatoms. The quantitative estimate of drug-likeness (QED) is 0.348. The zero-order chi connectivity index (χ0) is 19.5. The molecular weight excluding hydrogens is 354 g/mol. The maximum absolute atomic E-state index is 9.78. The Hall–Kier alpha value is -4.03. The van der Waals surface area contributed by atoms with Crippen molar-refractivity contribution in [3.63, 3.8) is 0 Å². The number of fused-ring (bicyclic) bond motifs is 6. The molecule has 6 rings (SSSR count). The lowest BCUT2D eigenvalue weighted by Gasteiger charge is -2.09. The molecule has 1 N–H and O–H groups in total. The summed E-state index contributed by atoms with van der Waals surface area (Å²) in [6.07, 6.45) is 0. The molecule has 2 aromatic heterocycles. The van der Waals surface area contributed by atoms with Gasteiger partial charge in [-0.2, -0.15) is 5.26 Å². The Bertz CT molecular complexity index is 1620. The van der Waals surface area contributed by atoms with Crippen LogP contribution in [0.2, 0.25) is 0 Å². The minimum Gasteiger partial charge on any atom is -0.354 e. The number of H-pyrrole nitrogens is 1. The van der Waals surface area contributed by atoms with Crippen molar-refractivity contribution in [2.45, 2.75) is 6.92 Å². The summed E-state index contributed by atoms with van der Waals surface area (Å²) in [5.41, 5.74) is 7.26. The number of nitrogens with zero attached hydrogens (tertiary/aromatic N) is 2. The molecule has 3 nitrogen and oxygen atoms in total. The van der Waals surface area contributed by atoms with E-state index in [0.29, 0.717) is 5.56 Å². The standard InChI is InChI=1S/C26H17N3/c1-16-9-12-25-22(13-16)21-7-4-5-17(15-27)26(21)29(25)18-10-11-20-19-6-2-3-8-23(19)28-24(20)14-18/h2-14,28H,1H3. The fourth-order valence-corrected chi connectivity index (χ4v) is 4.52. The molecule has 136 valence electrons. The molecule has 0 radical (unpaired) electrons. The first-order valence-corrected chi connectivity index (χ1v) is 9.69. The summed E-state index contributed by atoms with van der Waals surface area (Å²) in [5, 5.41) is 14.5. The minimum absolute atomic E-state index is 0.688. The van der Waals surface area contributed by atoms with E-state index in [-0.39, 0.29) is 0 Å². The number of hydrogen-bond acceptors (Lipinski definition) is 1. The molecular formula is C26H17N3. The predicted octanol–water partition coefficient (Wildman–Crippen LogP) is 6.60. The summed E-state index contributed by atoms with van der Waals surface area (Å²) in [5.74, 6) is 0. The van der Waals surface area contributed by atoms with Crippen molar-refractivity contribution in [2.75, 3.05) is 0 Å². The van der Waals surface area contributed by atoms with Gasteiger partial charge in [0.2, 0.25) is 0 Å². The molecule has 29 heavy (non-hydrogen) atoms. The van der Waals surface area contributed by atoms with Crippen LogP contribution in [0.3, 0.4) is 0 Å². The Morgan fingerprint density at radius 2 is 1.59 bits per heavy atom. The van der Waals surface area contributed by atoms with E-state index < -0.39 is 0 Å². The summed E-state index contributed by atoms with van der Waals surface area (Å²) in [6, 6.07) is 29.7. The average molecular weight is 371 g/mol. The first-order valence-electron chi connectivity index (χ1n) is 9.69. The van der Waals surface area contributed by atoms with Gasteiger partial charge in [0, 0.05) is 38.3 Å². The van der Waals surface area contributed by atoms with Crippen LogP contribution in [0, 0.1) is 18.3 Å². The smallest absolute Gasteiger partial charge is 0.101 e. The second-order valence-corrected chi connectivity index (χ2v) is 7.57. The number of aromatic amines is 1. The number of hydrogen-bond donors (Lipinski definition) is 1. The Balaban J connectivity index is 1.76. The van der Waals surface area contributed by atoms with E-state index in [1.165, 1.54) is 21.7 Å². The van der Waals surface area contributed by atoms with Crippen LogP contribution in [0.25, 0.3) is 49.3 Å². The van der Waals surface area contributed by atoms with Crippen LogP contribution in [-0.4, -0.2) is 9.55 Å². The second-order valence-electron chi connectivity index (χ2n) is 7.57. The number of benzene rings is 4. The Kier molecular flexibility index (Phi) is 3.16. The average Bonchev–Trinajstić information content (AvgIpc) is 3.28. The summed E-state index contributed by atoms with van der Waals surface area (Å²) in [6.45, 7) is 2.10. The highest BCUT2D eigenvalue weighted by molar-refractivity contribution is 6.12. The van der Waals surface area contributed by atoms with Crippen molar-refractivity contribution in [2.24, 2.45) is 0 Å². The normalized spacial score (nSPS) is 11.6. The number of rotatable bonds is 1. The molecule has 0 aliphatic rings.